The van der Waals surface area contributed by atoms with E-state index in [1.165, 1.54) is 9.75 Å². The minimum Gasteiger partial charge on any atom is -0.386 e. The maximum atomic E-state index is 5.60. The fourth-order valence-electron chi connectivity index (χ4n) is 1.33. The van der Waals surface area contributed by atoms with Crippen LogP contribution in [-0.2, 0) is 4.74 Å². The third-order valence-electron chi connectivity index (χ3n) is 1.94. The predicted molar refractivity (Wildman–Crippen MR) is 54.2 cm³/mol. The van der Waals surface area contributed by atoms with Gasteiger partial charge in [-0.15, -0.1) is 11.3 Å². The van der Waals surface area contributed by atoms with E-state index >= 15 is 0 Å². The third-order valence-corrected chi connectivity index (χ3v) is 3.04. The standard InChI is InChI=1S/C9H12N2OS/c1-6-2-3-8(13-6)7-4-12-5-9(10)11-7/h2-3,7H,4-5H2,1H3,(H2,10,11)/t7-/m1/s1. The van der Waals surface area contributed by atoms with Crippen LogP contribution in [0.1, 0.15) is 15.8 Å². The number of nitrogens with two attached hydrogens (primary N) is 1. The van der Waals surface area contributed by atoms with Gasteiger partial charge in [-0.3, -0.25) is 4.99 Å². The van der Waals surface area contributed by atoms with Crippen LogP contribution in [-0.4, -0.2) is 19.0 Å². The molecule has 0 amide bonds. The van der Waals surface area contributed by atoms with Crippen molar-refractivity contribution in [1.29, 1.82) is 0 Å². The molecule has 2 rings (SSSR count). The Morgan fingerprint density at radius 3 is 3.08 bits per heavy atom. The molecule has 0 bridgehead atoms. The van der Waals surface area contributed by atoms with E-state index in [4.69, 9.17) is 10.5 Å². The number of hydrogen-bond donors (Lipinski definition) is 1. The molecule has 1 aliphatic heterocycles. The van der Waals surface area contributed by atoms with Gasteiger partial charge in [0.1, 0.15) is 18.5 Å². The zero-order valence-corrected chi connectivity index (χ0v) is 8.30. The molecule has 0 fully saturated rings. The Morgan fingerprint density at radius 1 is 1.62 bits per heavy atom. The molecule has 1 aromatic heterocycles. The van der Waals surface area contributed by atoms with Gasteiger partial charge in [-0.25, -0.2) is 0 Å². The van der Waals surface area contributed by atoms with Crippen LogP contribution >= 0.6 is 11.3 Å². The lowest BCUT2D eigenvalue weighted by Gasteiger charge is -2.17. The molecule has 1 aliphatic rings. The van der Waals surface area contributed by atoms with Gasteiger partial charge in [0, 0.05) is 9.75 Å². The molecule has 4 heteroatoms. The van der Waals surface area contributed by atoms with Crippen molar-refractivity contribution in [3.05, 3.63) is 21.9 Å². The van der Waals surface area contributed by atoms with E-state index in [0.29, 0.717) is 19.0 Å². The van der Waals surface area contributed by atoms with E-state index in [1.54, 1.807) is 11.3 Å². The molecule has 0 aliphatic carbocycles. The van der Waals surface area contributed by atoms with Crippen molar-refractivity contribution in [2.75, 3.05) is 13.2 Å². The highest BCUT2D eigenvalue weighted by molar-refractivity contribution is 7.12. The quantitative estimate of drug-likeness (QED) is 0.739. The summed E-state index contributed by atoms with van der Waals surface area (Å²) >= 11 is 1.75. The number of hydrogen-bond acceptors (Lipinski definition) is 4. The second-order valence-corrected chi connectivity index (χ2v) is 4.42. The Bertz CT molecular complexity index is 332. The monoisotopic (exact) mass is 196 g/mol. The second kappa shape index (κ2) is 3.47. The Hall–Kier alpha value is -0.870. The SMILES string of the molecule is Cc1ccc([C@H]2COCC(N)=N2)s1. The van der Waals surface area contributed by atoms with Crippen LogP contribution in [0.15, 0.2) is 17.1 Å². The number of aliphatic imine (C=N–C) groups is 1. The predicted octanol–water partition coefficient (Wildman–Crippen LogP) is 1.49. The average Bonchev–Trinajstić information content (AvgIpc) is 2.52. The fourth-order valence-corrected chi connectivity index (χ4v) is 2.23. The van der Waals surface area contributed by atoms with Gasteiger partial charge in [-0.2, -0.15) is 0 Å². The van der Waals surface area contributed by atoms with Crippen LogP contribution in [0.5, 0.6) is 0 Å². The van der Waals surface area contributed by atoms with Crippen LogP contribution in [0.3, 0.4) is 0 Å². The lowest BCUT2D eigenvalue weighted by atomic mass is 10.2. The maximum absolute atomic E-state index is 5.60. The molecule has 13 heavy (non-hydrogen) atoms. The number of nitrogens with zero attached hydrogens (tertiary/aromatic N) is 1. The molecule has 0 radical (unpaired) electrons. The van der Waals surface area contributed by atoms with Gasteiger partial charge >= 0.3 is 0 Å². The van der Waals surface area contributed by atoms with Crippen LogP contribution in [0.4, 0.5) is 0 Å². The number of thiophene rings is 1. The summed E-state index contributed by atoms with van der Waals surface area (Å²) in [6, 6.07) is 4.31. The first-order valence-corrected chi connectivity index (χ1v) is 5.03. The summed E-state index contributed by atoms with van der Waals surface area (Å²) in [5.74, 6) is 0.599. The van der Waals surface area contributed by atoms with Gasteiger partial charge in [-0.1, -0.05) is 0 Å². The summed E-state index contributed by atoms with van der Waals surface area (Å²) in [4.78, 5) is 6.88. The lowest BCUT2D eigenvalue weighted by molar-refractivity contribution is 0.144. The zero-order chi connectivity index (χ0) is 9.26. The minimum absolute atomic E-state index is 0.118. The normalized spacial score (nSPS) is 22.8. The van der Waals surface area contributed by atoms with Crippen molar-refractivity contribution in [2.24, 2.45) is 10.7 Å². The van der Waals surface area contributed by atoms with Crippen molar-refractivity contribution in [1.82, 2.24) is 0 Å². The number of aryl methyl sites for hydroxylation is 1. The highest BCUT2D eigenvalue weighted by atomic mass is 32.1. The summed E-state index contributed by atoms with van der Waals surface area (Å²) < 4.78 is 5.31. The number of amidine groups is 1. The Labute approximate surface area is 81.2 Å². The highest BCUT2D eigenvalue weighted by Crippen LogP contribution is 2.27. The van der Waals surface area contributed by atoms with E-state index < -0.39 is 0 Å². The Kier molecular flexibility index (Phi) is 2.33. The van der Waals surface area contributed by atoms with Crippen LogP contribution in [0.2, 0.25) is 0 Å². The highest BCUT2D eigenvalue weighted by Gasteiger charge is 2.16. The Balaban J connectivity index is 2.21. The maximum Gasteiger partial charge on any atom is 0.121 e. The molecule has 3 nitrogen and oxygen atoms in total. The summed E-state index contributed by atoms with van der Waals surface area (Å²) in [6.45, 7) is 3.21. The molecule has 0 unspecified atom stereocenters. The van der Waals surface area contributed by atoms with Crippen molar-refractivity contribution in [3.8, 4) is 0 Å². The average molecular weight is 196 g/mol. The summed E-state index contributed by atoms with van der Waals surface area (Å²) in [6.07, 6.45) is 0. The number of rotatable bonds is 1. The Morgan fingerprint density at radius 2 is 2.46 bits per heavy atom. The third kappa shape index (κ3) is 1.89. The van der Waals surface area contributed by atoms with Crippen LogP contribution in [0, 0.1) is 6.92 Å². The molecular weight excluding hydrogens is 184 g/mol. The molecule has 2 N–H and O–H groups in total. The first kappa shape index (κ1) is 8.72. The van der Waals surface area contributed by atoms with Gasteiger partial charge in [0.15, 0.2) is 0 Å². The van der Waals surface area contributed by atoms with E-state index in [0.717, 1.165) is 0 Å². The van der Waals surface area contributed by atoms with Crippen molar-refractivity contribution in [3.63, 3.8) is 0 Å². The van der Waals surface area contributed by atoms with Crippen molar-refractivity contribution >= 4 is 17.2 Å². The van der Waals surface area contributed by atoms with Crippen molar-refractivity contribution in [2.45, 2.75) is 13.0 Å². The second-order valence-electron chi connectivity index (χ2n) is 3.10. The molecule has 0 aromatic carbocycles. The zero-order valence-electron chi connectivity index (χ0n) is 7.49. The molecule has 0 spiro atoms. The largest absolute Gasteiger partial charge is 0.386 e. The van der Waals surface area contributed by atoms with Gasteiger partial charge in [0.25, 0.3) is 0 Å². The van der Waals surface area contributed by atoms with Gasteiger partial charge < -0.3 is 10.5 Å². The summed E-state index contributed by atoms with van der Waals surface area (Å²) in [7, 11) is 0. The van der Waals surface area contributed by atoms with Gasteiger partial charge in [-0.05, 0) is 19.1 Å². The van der Waals surface area contributed by atoms with Crippen molar-refractivity contribution < 1.29 is 4.74 Å². The minimum atomic E-state index is 0.118. The first-order valence-electron chi connectivity index (χ1n) is 4.22. The summed E-state index contributed by atoms with van der Waals surface area (Å²) in [5, 5.41) is 0. The van der Waals surface area contributed by atoms with Gasteiger partial charge in [0.05, 0.1) is 6.61 Å². The number of ether oxygens (including phenoxy) is 1. The van der Waals surface area contributed by atoms with Gasteiger partial charge in [0.2, 0.25) is 0 Å². The molecule has 1 aromatic rings. The fraction of sp³-hybridized carbons (Fsp3) is 0.444. The van der Waals surface area contributed by atoms with E-state index in [2.05, 4.69) is 24.0 Å². The first-order chi connectivity index (χ1) is 6.25. The van der Waals surface area contributed by atoms with E-state index in [9.17, 15) is 0 Å². The molecule has 2 heterocycles. The smallest absolute Gasteiger partial charge is 0.121 e. The van der Waals surface area contributed by atoms with Crippen LogP contribution < -0.4 is 5.73 Å². The molecule has 70 valence electrons. The molecule has 0 saturated heterocycles. The lowest BCUT2D eigenvalue weighted by Crippen LogP contribution is -2.26. The molecular formula is C9H12N2OS. The van der Waals surface area contributed by atoms with E-state index in [1.807, 2.05) is 0 Å². The topological polar surface area (TPSA) is 47.6 Å². The summed E-state index contributed by atoms with van der Waals surface area (Å²) in [5.41, 5.74) is 5.60. The molecule has 0 saturated carbocycles. The van der Waals surface area contributed by atoms with E-state index in [-0.39, 0.29) is 6.04 Å². The molecule has 1 atom stereocenters. The van der Waals surface area contributed by atoms with Crippen LogP contribution in [0.25, 0.3) is 0 Å².